The second-order valence-corrected chi connectivity index (χ2v) is 8.44. The smallest absolute Gasteiger partial charge is 0.319 e. The van der Waals surface area contributed by atoms with Gasteiger partial charge in [0.1, 0.15) is 17.8 Å². The van der Waals surface area contributed by atoms with E-state index in [0.29, 0.717) is 17.9 Å². The standard InChI is InChI=1S/C27H24N2O4/c1-27(26(31)32)15-23(29(25(27)30)17-20-5-3-2-4-6-20)18-33-24-13-11-22(12-14-24)21-9-7-19(16-28)8-10-21/h2-14,23H,15,17-18H2,1H3,(H,31,32)/t23-,27-/m0/s1. The van der Waals surface area contributed by atoms with Crippen molar-refractivity contribution >= 4 is 11.9 Å². The molecule has 1 aliphatic rings. The molecule has 0 spiro atoms. The predicted octanol–water partition coefficient (Wildman–Crippen LogP) is 4.50. The molecular weight excluding hydrogens is 416 g/mol. The highest BCUT2D eigenvalue weighted by Gasteiger charge is 2.53. The summed E-state index contributed by atoms with van der Waals surface area (Å²) in [5.74, 6) is -0.855. The van der Waals surface area contributed by atoms with Crippen molar-refractivity contribution in [2.45, 2.75) is 25.9 Å². The molecule has 1 N–H and O–H groups in total. The first-order chi connectivity index (χ1) is 15.9. The summed E-state index contributed by atoms with van der Waals surface area (Å²) in [5, 5.41) is 18.6. The van der Waals surface area contributed by atoms with Crippen molar-refractivity contribution in [1.82, 2.24) is 4.90 Å². The van der Waals surface area contributed by atoms with Gasteiger partial charge in [0.05, 0.1) is 17.7 Å². The largest absolute Gasteiger partial charge is 0.491 e. The number of ether oxygens (including phenoxy) is 1. The Balaban J connectivity index is 1.47. The highest BCUT2D eigenvalue weighted by atomic mass is 16.5. The minimum atomic E-state index is -1.46. The third-order valence-corrected chi connectivity index (χ3v) is 6.13. The summed E-state index contributed by atoms with van der Waals surface area (Å²) in [6.45, 7) is 2.04. The number of carboxylic acids is 1. The second kappa shape index (κ2) is 9.17. The molecule has 0 radical (unpaired) electrons. The fourth-order valence-electron chi connectivity index (χ4n) is 4.13. The van der Waals surface area contributed by atoms with Crippen LogP contribution in [0.5, 0.6) is 5.75 Å². The Bertz CT molecular complexity index is 1180. The van der Waals surface area contributed by atoms with Crippen LogP contribution in [-0.4, -0.2) is 34.5 Å². The molecule has 3 aromatic carbocycles. The second-order valence-electron chi connectivity index (χ2n) is 8.44. The fourth-order valence-corrected chi connectivity index (χ4v) is 4.13. The maximum Gasteiger partial charge on any atom is 0.319 e. The lowest BCUT2D eigenvalue weighted by Crippen LogP contribution is -2.40. The first-order valence-corrected chi connectivity index (χ1v) is 10.7. The van der Waals surface area contributed by atoms with Crippen LogP contribution in [0.1, 0.15) is 24.5 Å². The van der Waals surface area contributed by atoms with Crippen molar-refractivity contribution in [2.75, 3.05) is 6.61 Å². The Hall–Kier alpha value is -4.11. The van der Waals surface area contributed by atoms with Crippen molar-refractivity contribution in [3.63, 3.8) is 0 Å². The zero-order valence-electron chi connectivity index (χ0n) is 18.3. The average Bonchev–Trinajstić information content (AvgIpc) is 3.09. The third-order valence-electron chi connectivity index (χ3n) is 6.13. The minimum absolute atomic E-state index is 0.192. The lowest BCUT2D eigenvalue weighted by molar-refractivity contribution is -0.155. The number of carboxylic acid groups (broad SMARTS) is 1. The van der Waals surface area contributed by atoms with Gasteiger partial charge in [-0.3, -0.25) is 9.59 Å². The predicted molar refractivity (Wildman–Crippen MR) is 123 cm³/mol. The van der Waals surface area contributed by atoms with Gasteiger partial charge in [0.25, 0.3) is 0 Å². The number of hydrogen-bond acceptors (Lipinski definition) is 4. The van der Waals surface area contributed by atoms with Crippen molar-refractivity contribution in [3.05, 3.63) is 90.0 Å². The van der Waals surface area contributed by atoms with Gasteiger partial charge in [0, 0.05) is 6.54 Å². The van der Waals surface area contributed by atoms with Gasteiger partial charge in [-0.25, -0.2) is 0 Å². The number of rotatable bonds is 7. The monoisotopic (exact) mass is 440 g/mol. The minimum Gasteiger partial charge on any atom is -0.491 e. The molecule has 2 atom stereocenters. The third kappa shape index (κ3) is 4.58. The molecule has 0 aromatic heterocycles. The molecule has 33 heavy (non-hydrogen) atoms. The van der Waals surface area contributed by atoms with Crippen molar-refractivity contribution in [3.8, 4) is 22.9 Å². The van der Waals surface area contributed by atoms with Crippen molar-refractivity contribution < 1.29 is 19.4 Å². The molecule has 166 valence electrons. The van der Waals surface area contributed by atoms with Gasteiger partial charge in [0.2, 0.25) is 5.91 Å². The van der Waals surface area contributed by atoms with Crippen molar-refractivity contribution in [1.29, 1.82) is 5.26 Å². The Morgan fingerprint density at radius 2 is 1.67 bits per heavy atom. The first kappa shape index (κ1) is 22.1. The van der Waals surface area contributed by atoms with Gasteiger partial charge < -0.3 is 14.7 Å². The van der Waals surface area contributed by atoms with E-state index >= 15 is 0 Å². The van der Waals surface area contributed by atoms with Gasteiger partial charge in [-0.15, -0.1) is 0 Å². The van der Waals surface area contributed by atoms with E-state index in [0.717, 1.165) is 16.7 Å². The Morgan fingerprint density at radius 1 is 1.06 bits per heavy atom. The fraction of sp³-hybridized carbons (Fsp3) is 0.222. The molecule has 6 nitrogen and oxygen atoms in total. The van der Waals surface area contributed by atoms with Crippen LogP contribution in [0.3, 0.4) is 0 Å². The molecule has 3 aromatic rings. The van der Waals surface area contributed by atoms with Crippen LogP contribution < -0.4 is 4.74 Å². The summed E-state index contributed by atoms with van der Waals surface area (Å²) in [7, 11) is 0. The summed E-state index contributed by atoms with van der Waals surface area (Å²) in [6.07, 6.45) is 0.192. The molecule has 0 unspecified atom stereocenters. The summed E-state index contributed by atoms with van der Waals surface area (Å²) in [5.41, 5.74) is 2.08. The molecule has 0 aliphatic carbocycles. The molecule has 1 saturated heterocycles. The number of carbonyl (C=O) groups is 2. The summed E-state index contributed by atoms with van der Waals surface area (Å²) < 4.78 is 5.98. The molecule has 1 heterocycles. The summed E-state index contributed by atoms with van der Waals surface area (Å²) >= 11 is 0. The lowest BCUT2D eigenvalue weighted by Gasteiger charge is -2.25. The number of nitriles is 1. The molecule has 1 fully saturated rings. The number of nitrogens with zero attached hydrogens (tertiary/aromatic N) is 2. The molecule has 1 amide bonds. The Morgan fingerprint density at radius 3 is 2.24 bits per heavy atom. The quantitative estimate of drug-likeness (QED) is 0.547. The number of carbonyl (C=O) groups excluding carboxylic acids is 1. The number of benzene rings is 3. The lowest BCUT2D eigenvalue weighted by atomic mass is 9.87. The molecule has 6 heteroatoms. The number of aliphatic carboxylic acids is 1. The average molecular weight is 440 g/mol. The van der Waals surface area contributed by atoms with Crippen LogP contribution in [0, 0.1) is 16.7 Å². The molecule has 4 rings (SSSR count). The summed E-state index contributed by atoms with van der Waals surface area (Å²) in [6, 6.07) is 26.2. The normalized spacial score (nSPS) is 19.8. The zero-order chi connectivity index (χ0) is 23.4. The van der Waals surface area contributed by atoms with E-state index in [1.54, 1.807) is 17.0 Å². The van der Waals surface area contributed by atoms with Crippen LogP contribution >= 0.6 is 0 Å². The van der Waals surface area contributed by atoms with Crippen LogP contribution in [0.25, 0.3) is 11.1 Å². The summed E-state index contributed by atoms with van der Waals surface area (Å²) in [4.78, 5) is 26.5. The zero-order valence-corrected chi connectivity index (χ0v) is 18.3. The molecular formula is C27H24N2O4. The van der Waals surface area contributed by atoms with E-state index in [1.807, 2.05) is 66.7 Å². The number of likely N-dealkylation sites (tertiary alicyclic amines) is 1. The molecule has 0 saturated carbocycles. The van der Waals surface area contributed by atoms with Crippen LogP contribution in [0.4, 0.5) is 0 Å². The maximum absolute atomic E-state index is 13.0. The van der Waals surface area contributed by atoms with E-state index in [1.165, 1.54) is 6.92 Å². The molecule has 0 bridgehead atoms. The van der Waals surface area contributed by atoms with Crippen LogP contribution in [0.2, 0.25) is 0 Å². The van der Waals surface area contributed by atoms with E-state index in [4.69, 9.17) is 10.00 Å². The number of amides is 1. The SMILES string of the molecule is C[C@]1(C(=O)O)C[C@@H](COc2ccc(-c3ccc(C#N)cc3)cc2)N(Cc2ccccc2)C1=O. The van der Waals surface area contributed by atoms with Gasteiger partial charge in [-0.05, 0) is 54.3 Å². The highest BCUT2D eigenvalue weighted by molar-refractivity contribution is 6.03. The maximum atomic E-state index is 13.0. The Kier molecular flexibility index (Phi) is 6.14. The highest BCUT2D eigenvalue weighted by Crippen LogP contribution is 2.37. The van der Waals surface area contributed by atoms with Crippen LogP contribution in [0.15, 0.2) is 78.9 Å². The van der Waals surface area contributed by atoms with E-state index < -0.39 is 11.4 Å². The molecule has 1 aliphatic heterocycles. The topological polar surface area (TPSA) is 90.6 Å². The van der Waals surface area contributed by atoms with Gasteiger partial charge >= 0.3 is 5.97 Å². The van der Waals surface area contributed by atoms with Crippen molar-refractivity contribution in [2.24, 2.45) is 5.41 Å². The Labute approximate surface area is 192 Å². The van der Waals surface area contributed by atoms with E-state index in [2.05, 4.69) is 6.07 Å². The van der Waals surface area contributed by atoms with E-state index in [9.17, 15) is 14.7 Å². The number of hydrogen-bond donors (Lipinski definition) is 1. The van der Waals surface area contributed by atoms with Gasteiger partial charge in [-0.1, -0.05) is 54.6 Å². The van der Waals surface area contributed by atoms with Crippen LogP contribution in [-0.2, 0) is 16.1 Å². The van der Waals surface area contributed by atoms with Gasteiger partial charge in [-0.2, -0.15) is 5.26 Å². The van der Waals surface area contributed by atoms with E-state index in [-0.39, 0.29) is 25.0 Å². The first-order valence-electron chi connectivity index (χ1n) is 10.7. The van der Waals surface area contributed by atoms with Gasteiger partial charge in [0.15, 0.2) is 0 Å².